The summed E-state index contributed by atoms with van der Waals surface area (Å²) in [5.74, 6) is 0.740. The number of thioether (sulfide) groups is 1. The number of ether oxygens (including phenoxy) is 1. The molecule has 2 aliphatic rings. The van der Waals surface area contributed by atoms with Crippen LogP contribution in [-0.2, 0) is 27.6 Å². The summed E-state index contributed by atoms with van der Waals surface area (Å²) < 4.78 is 29.6. The Morgan fingerprint density at radius 2 is 1.90 bits per heavy atom. The van der Waals surface area contributed by atoms with Crippen LogP contribution in [0, 0.1) is 0 Å². The number of carbonyl (C=O) groups is 1. The lowest BCUT2D eigenvalue weighted by atomic mass is 10.1. The van der Waals surface area contributed by atoms with E-state index in [2.05, 4.69) is 4.99 Å². The largest absolute Gasteiger partial charge is 0.497 e. The van der Waals surface area contributed by atoms with Crippen molar-refractivity contribution in [1.82, 2.24) is 4.90 Å². The van der Waals surface area contributed by atoms with Gasteiger partial charge < -0.3 is 9.64 Å². The maximum atomic E-state index is 12.5. The van der Waals surface area contributed by atoms with Gasteiger partial charge in [-0.15, -0.1) is 0 Å². The van der Waals surface area contributed by atoms with Gasteiger partial charge in [-0.25, -0.2) is 8.42 Å². The molecule has 0 N–H and O–H groups in total. The molecular weight excluding hydrogens is 408 g/mol. The van der Waals surface area contributed by atoms with E-state index in [-0.39, 0.29) is 35.1 Å². The average Bonchev–Trinajstić information content (AvgIpc) is 3.15. The van der Waals surface area contributed by atoms with Gasteiger partial charge in [0.25, 0.3) is 5.91 Å². The standard InChI is InChI=1S/C21H22N2O4S2/c1-27-17-9-5-8-16(10-17)12-23-18-13-29(25,26)14-19(18)28-21(23)22-20(24)11-15-6-3-2-4-7-15/h2-10,18-19H,11-14H2,1H3. The molecule has 0 spiro atoms. The lowest BCUT2D eigenvalue weighted by Gasteiger charge is -2.24. The summed E-state index contributed by atoms with van der Waals surface area (Å²) in [4.78, 5) is 18.9. The molecule has 2 saturated heterocycles. The molecule has 0 bridgehead atoms. The minimum Gasteiger partial charge on any atom is -0.497 e. The normalized spacial score (nSPS) is 23.9. The van der Waals surface area contributed by atoms with Gasteiger partial charge in [-0.05, 0) is 23.3 Å². The molecule has 2 fully saturated rings. The number of rotatable bonds is 5. The highest BCUT2D eigenvalue weighted by Gasteiger charge is 2.48. The van der Waals surface area contributed by atoms with E-state index in [0.29, 0.717) is 11.7 Å². The van der Waals surface area contributed by atoms with E-state index >= 15 is 0 Å². The zero-order valence-corrected chi connectivity index (χ0v) is 17.7. The predicted octanol–water partition coefficient (Wildman–Crippen LogP) is 2.53. The maximum Gasteiger partial charge on any atom is 0.252 e. The van der Waals surface area contributed by atoms with Gasteiger partial charge in [0, 0.05) is 11.8 Å². The van der Waals surface area contributed by atoms with Crippen molar-refractivity contribution in [2.45, 2.75) is 24.3 Å². The molecule has 2 unspecified atom stereocenters. The summed E-state index contributed by atoms with van der Waals surface area (Å²) in [7, 11) is -1.46. The predicted molar refractivity (Wildman–Crippen MR) is 115 cm³/mol. The van der Waals surface area contributed by atoms with Crippen LogP contribution in [0.25, 0.3) is 0 Å². The van der Waals surface area contributed by atoms with Crippen LogP contribution in [0.2, 0.25) is 0 Å². The van der Waals surface area contributed by atoms with Gasteiger partial charge in [0.2, 0.25) is 0 Å². The number of carbonyl (C=O) groups excluding carboxylic acids is 1. The Labute approximate surface area is 174 Å². The van der Waals surface area contributed by atoms with E-state index < -0.39 is 9.84 Å². The van der Waals surface area contributed by atoms with E-state index in [9.17, 15) is 13.2 Å². The first-order chi connectivity index (χ1) is 13.9. The Bertz CT molecular complexity index is 1040. The number of benzene rings is 2. The highest BCUT2D eigenvalue weighted by molar-refractivity contribution is 8.15. The summed E-state index contributed by atoms with van der Waals surface area (Å²) in [6.45, 7) is 0.484. The van der Waals surface area contributed by atoms with Crippen molar-refractivity contribution < 1.29 is 17.9 Å². The second-order valence-electron chi connectivity index (χ2n) is 7.23. The third kappa shape index (κ3) is 4.64. The highest BCUT2D eigenvalue weighted by atomic mass is 32.2. The number of hydrogen-bond acceptors (Lipinski definition) is 5. The van der Waals surface area contributed by atoms with Crippen molar-refractivity contribution in [1.29, 1.82) is 0 Å². The molecule has 2 aromatic rings. The van der Waals surface area contributed by atoms with E-state index in [0.717, 1.165) is 16.9 Å². The molecule has 0 aliphatic carbocycles. The van der Waals surface area contributed by atoms with Crippen molar-refractivity contribution in [2.24, 2.45) is 4.99 Å². The number of hydrogen-bond donors (Lipinski definition) is 0. The minimum absolute atomic E-state index is 0.0890. The number of nitrogens with zero attached hydrogens (tertiary/aromatic N) is 2. The number of aliphatic imine (C=N–C) groups is 1. The van der Waals surface area contributed by atoms with Crippen LogP contribution in [0.5, 0.6) is 5.75 Å². The molecule has 1 amide bonds. The molecule has 0 aromatic heterocycles. The molecule has 2 atom stereocenters. The Morgan fingerprint density at radius 3 is 2.66 bits per heavy atom. The quantitative estimate of drug-likeness (QED) is 0.726. The van der Waals surface area contributed by atoms with Gasteiger partial charge in [0.05, 0.1) is 31.1 Å². The molecule has 2 heterocycles. The zero-order chi connectivity index (χ0) is 20.4. The van der Waals surface area contributed by atoms with Gasteiger partial charge in [-0.1, -0.05) is 54.2 Å². The van der Waals surface area contributed by atoms with Crippen LogP contribution in [0.15, 0.2) is 59.6 Å². The van der Waals surface area contributed by atoms with Crippen molar-refractivity contribution in [2.75, 3.05) is 18.6 Å². The Balaban J connectivity index is 1.58. The molecule has 152 valence electrons. The molecule has 2 aromatic carbocycles. The van der Waals surface area contributed by atoms with Gasteiger partial charge in [0.15, 0.2) is 15.0 Å². The van der Waals surface area contributed by atoms with E-state index in [1.807, 2.05) is 59.5 Å². The number of amides is 1. The van der Waals surface area contributed by atoms with Gasteiger partial charge in [-0.2, -0.15) is 4.99 Å². The van der Waals surface area contributed by atoms with Gasteiger partial charge in [-0.3, -0.25) is 4.79 Å². The van der Waals surface area contributed by atoms with Crippen molar-refractivity contribution in [3.63, 3.8) is 0 Å². The Morgan fingerprint density at radius 1 is 1.14 bits per heavy atom. The smallest absolute Gasteiger partial charge is 0.252 e. The summed E-state index contributed by atoms with van der Waals surface area (Å²) >= 11 is 1.40. The fourth-order valence-electron chi connectivity index (χ4n) is 3.70. The first-order valence-electron chi connectivity index (χ1n) is 9.35. The molecule has 0 saturated carbocycles. The van der Waals surface area contributed by atoms with E-state index in [1.54, 1.807) is 7.11 Å². The van der Waals surface area contributed by atoms with Gasteiger partial charge >= 0.3 is 0 Å². The monoisotopic (exact) mass is 430 g/mol. The fourth-order valence-corrected chi connectivity index (χ4v) is 7.67. The summed E-state index contributed by atoms with van der Waals surface area (Å²) in [6, 6.07) is 17.0. The van der Waals surface area contributed by atoms with Crippen LogP contribution in [0.3, 0.4) is 0 Å². The lowest BCUT2D eigenvalue weighted by Crippen LogP contribution is -2.37. The Kier molecular flexibility index (Phi) is 5.65. The zero-order valence-electron chi connectivity index (χ0n) is 16.0. The molecule has 4 rings (SSSR count). The van der Waals surface area contributed by atoms with Gasteiger partial charge in [0.1, 0.15) is 5.75 Å². The van der Waals surface area contributed by atoms with Crippen molar-refractivity contribution in [3.8, 4) is 5.75 Å². The second kappa shape index (κ2) is 8.20. The molecule has 8 heteroatoms. The van der Waals surface area contributed by atoms with Crippen LogP contribution in [0.4, 0.5) is 0 Å². The van der Waals surface area contributed by atoms with Crippen molar-refractivity contribution in [3.05, 3.63) is 65.7 Å². The Hall–Kier alpha value is -2.32. The maximum absolute atomic E-state index is 12.5. The summed E-state index contributed by atoms with van der Waals surface area (Å²) in [5.41, 5.74) is 1.89. The number of methoxy groups -OCH3 is 1. The number of fused-ring (bicyclic) bond motifs is 1. The van der Waals surface area contributed by atoms with Crippen LogP contribution >= 0.6 is 11.8 Å². The summed E-state index contributed by atoms with van der Waals surface area (Å²) in [5, 5.41) is 0.521. The fraction of sp³-hybridized carbons (Fsp3) is 0.333. The molecule has 6 nitrogen and oxygen atoms in total. The average molecular weight is 431 g/mol. The molecular formula is C21H22N2O4S2. The molecule has 2 aliphatic heterocycles. The third-order valence-corrected chi connectivity index (χ3v) is 8.33. The van der Waals surface area contributed by atoms with Crippen LogP contribution in [-0.4, -0.2) is 54.3 Å². The van der Waals surface area contributed by atoms with Crippen LogP contribution in [0.1, 0.15) is 11.1 Å². The topological polar surface area (TPSA) is 76.0 Å². The van der Waals surface area contributed by atoms with Crippen molar-refractivity contribution >= 4 is 32.7 Å². The number of amidine groups is 1. The SMILES string of the molecule is COc1cccc(CN2C(=NC(=O)Cc3ccccc3)SC3CS(=O)(=O)CC32)c1. The molecule has 0 radical (unpaired) electrons. The van der Waals surface area contributed by atoms with Crippen LogP contribution < -0.4 is 4.74 Å². The summed E-state index contributed by atoms with van der Waals surface area (Å²) in [6.07, 6.45) is 0.228. The minimum atomic E-state index is -3.07. The first-order valence-corrected chi connectivity index (χ1v) is 12.1. The molecule has 29 heavy (non-hydrogen) atoms. The highest BCUT2D eigenvalue weighted by Crippen LogP contribution is 2.39. The second-order valence-corrected chi connectivity index (χ2v) is 10.6. The lowest BCUT2D eigenvalue weighted by molar-refractivity contribution is -0.117. The third-order valence-electron chi connectivity index (χ3n) is 5.08. The number of sulfone groups is 1. The first kappa shape index (κ1) is 20.0. The van der Waals surface area contributed by atoms with E-state index in [1.165, 1.54) is 11.8 Å². The van der Waals surface area contributed by atoms with E-state index in [4.69, 9.17) is 4.74 Å².